The molecule has 8 heteroatoms. The quantitative estimate of drug-likeness (QED) is 0.120. The van der Waals surface area contributed by atoms with Gasteiger partial charge in [0.25, 0.3) is 5.91 Å². The first kappa shape index (κ1) is 29.7. The first-order valence-corrected chi connectivity index (χ1v) is 14.5. The molecule has 6 nitrogen and oxygen atoms in total. The molecule has 0 aromatic heterocycles. The van der Waals surface area contributed by atoms with E-state index in [9.17, 15) is 10.1 Å². The lowest BCUT2D eigenvalue weighted by Gasteiger charge is -2.15. The molecular formula is C35H26BrClN2O4. The highest BCUT2D eigenvalue weighted by Crippen LogP contribution is 2.38. The van der Waals surface area contributed by atoms with Gasteiger partial charge in [-0.15, -0.1) is 0 Å². The molecule has 0 bridgehead atoms. The van der Waals surface area contributed by atoms with E-state index < -0.39 is 5.91 Å². The number of ether oxygens (including phenoxy) is 3. The second-order valence-electron chi connectivity index (χ2n) is 9.52. The van der Waals surface area contributed by atoms with Crippen molar-refractivity contribution in [3.05, 3.63) is 135 Å². The zero-order chi connectivity index (χ0) is 30.2. The Labute approximate surface area is 263 Å². The fourth-order valence-electron chi connectivity index (χ4n) is 4.43. The number of halogens is 2. The van der Waals surface area contributed by atoms with E-state index in [-0.39, 0.29) is 5.57 Å². The third-order valence-corrected chi connectivity index (χ3v) is 7.45. The van der Waals surface area contributed by atoms with E-state index in [2.05, 4.69) is 39.4 Å². The molecule has 1 N–H and O–H groups in total. The molecular weight excluding hydrogens is 628 g/mol. The molecule has 0 atom stereocenters. The molecule has 0 aliphatic rings. The molecule has 1 amide bonds. The van der Waals surface area contributed by atoms with Gasteiger partial charge in [0.15, 0.2) is 11.5 Å². The van der Waals surface area contributed by atoms with Crippen LogP contribution in [0.3, 0.4) is 0 Å². The number of nitrogens with one attached hydrogen (secondary N) is 1. The van der Waals surface area contributed by atoms with E-state index in [0.717, 1.165) is 21.9 Å². The molecule has 0 aliphatic carbocycles. The third kappa shape index (κ3) is 7.55. The van der Waals surface area contributed by atoms with Gasteiger partial charge in [-0.25, -0.2) is 0 Å². The van der Waals surface area contributed by atoms with Gasteiger partial charge in [-0.3, -0.25) is 4.79 Å². The lowest BCUT2D eigenvalue weighted by atomic mass is 10.1. The predicted molar refractivity (Wildman–Crippen MR) is 173 cm³/mol. The van der Waals surface area contributed by atoms with Crippen LogP contribution in [-0.4, -0.2) is 13.0 Å². The summed E-state index contributed by atoms with van der Waals surface area (Å²) >= 11 is 9.49. The van der Waals surface area contributed by atoms with E-state index in [1.54, 1.807) is 43.5 Å². The van der Waals surface area contributed by atoms with Crippen molar-refractivity contribution < 1.29 is 19.0 Å². The van der Waals surface area contributed by atoms with Crippen molar-refractivity contribution in [2.24, 2.45) is 0 Å². The summed E-state index contributed by atoms with van der Waals surface area (Å²) in [5.41, 5.74) is 3.08. The van der Waals surface area contributed by atoms with Crippen LogP contribution in [-0.2, 0) is 18.0 Å². The molecule has 214 valence electrons. The summed E-state index contributed by atoms with van der Waals surface area (Å²) < 4.78 is 18.2. The number of nitriles is 1. The average Bonchev–Trinajstić information content (AvgIpc) is 3.03. The molecule has 0 unspecified atom stereocenters. The maximum atomic E-state index is 12.9. The lowest BCUT2D eigenvalue weighted by molar-refractivity contribution is -0.112. The smallest absolute Gasteiger partial charge is 0.266 e. The SMILES string of the molecule is COc1cc(/C=C(\C#N)C(=O)Nc2ccc(OCc3ccc(Cl)cc3)cc2)cc(Br)c1OCc1cccc2ccccc12. The van der Waals surface area contributed by atoms with Gasteiger partial charge in [0.2, 0.25) is 0 Å². The number of carbonyl (C=O) groups is 1. The Morgan fingerprint density at radius 2 is 1.67 bits per heavy atom. The van der Waals surface area contributed by atoms with Gasteiger partial charge < -0.3 is 19.5 Å². The number of carbonyl (C=O) groups excluding carboxylic acids is 1. The third-order valence-electron chi connectivity index (χ3n) is 6.61. The average molecular weight is 654 g/mol. The van der Waals surface area contributed by atoms with Gasteiger partial charge in [0, 0.05) is 10.7 Å². The number of anilines is 1. The Bertz CT molecular complexity index is 1830. The van der Waals surface area contributed by atoms with Gasteiger partial charge in [-0.05, 0) is 98.0 Å². The second kappa shape index (κ2) is 13.9. The molecule has 0 heterocycles. The van der Waals surface area contributed by atoms with Crippen LogP contribution in [0.2, 0.25) is 5.02 Å². The van der Waals surface area contributed by atoms with E-state index >= 15 is 0 Å². The minimum atomic E-state index is -0.538. The van der Waals surface area contributed by atoms with Crippen LogP contribution >= 0.6 is 27.5 Å². The highest BCUT2D eigenvalue weighted by Gasteiger charge is 2.15. The zero-order valence-corrected chi connectivity index (χ0v) is 25.5. The Kier molecular flexibility index (Phi) is 9.63. The number of hydrogen-bond acceptors (Lipinski definition) is 5. The largest absolute Gasteiger partial charge is 0.493 e. The Morgan fingerprint density at radius 1 is 0.930 bits per heavy atom. The van der Waals surface area contributed by atoms with Crippen LogP contribution < -0.4 is 19.5 Å². The number of rotatable bonds is 10. The van der Waals surface area contributed by atoms with Crippen molar-refractivity contribution in [2.75, 3.05) is 12.4 Å². The van der Waals surface area contributed by atoms with Crippen molar-refractivity contribution in [2.45, 2.75) is 13.2 Å². The summed E-state index contributed by atoms with van der Waals surface area (Å²) in [4.78, 5) is 12.9. The maximum Gasteiger partial charge on any atom is 0.266 e. The van der Waals surface area contributed by atoms with Crippen LogP contribution in [0.15, 0.2) is 113 Å². The molecule has 5 aromatic rings. The molecule has 0 saturated heterocycles. The fraction of sp³-hybridized carbons (Fsp3) is 0.0857. The Hall–Kier alpha value is -4.77. The predicted octanol–water partition coefficient (Wildman–Crippen LogP) is 8.97. The minimum absolute atomic E-state index is 0.0681. The number of methoxy groups -OCH3 is 1. The minimum Gasteiger partial charge on any atom is -0.493 e. The number of amides is 1. The van der Waals surface area contributed by atoms with Crippen LogP contribution in [0.1, 0.15) is 16.7 Å². The van der Waals surface area contributed by atoms with E-state index in [4.69, 9.17) is 25.8 Å². The molecule has 5 aromatic carbocycles. The van der Waals surface area contributed by atoms with E-state index in [1.165, 1.54) is 6.08 Å². The maximum absolute atomic E-state index is 12.9. The fourth-order valence-corrected chi connectivity index (χ4v) is 5.13. The van der Waals surface area contributed by atoms with Crippen molar-refractivity contribution in [3.63, 3.8) is 0 Å². The first-order valence-electron chi connectivity index (χ1n) is 13.3. The highest BCUT2D eigenvalue weighted by molar-refractivity contribution is 9.10. The van der Waals surface area contributed by atoms with Gasteiger partial charge >= 0.3 is 0 Å². The molecule has 0 saturated carbocycles. The van der Waals surface area contributed by atoms with Gasteiger partial charge in [0.05, 0.1) is 11.6 Å². The van der Waals surface area contributed by atoms with Crippen LogP contribution in [0.5, 0.6) is 17.2 Å². The number of benzene rings is 5. The Morgan fingerprint density at radius 3 is 2.42 bits per heavy atom. The molecule has 0 fully saturated rings. The first-order chi connectivity index (χ1) is 20.9. The zero-order valence-electron chi connectivity index (χ0n) is 23.1. The summed E-state index contributed by atoms with van der Waals surface area (Å²) in [5.74, 6) is 1.09. The summed E-state index contributed by atoms with van der Waals surface area (Å²) in [6.07, 6.45) is 1.50. The van der Waals surface area contributed by atoms with Crippen LogP contribution in [0.4, 0.5) is 5.69 Å². The summed E-state index contributed by atoms with van der Waals surface area (Å²) in [7, 11) is 1.54. The van der Waals surface area contributed by atoms with Crippen LogP contribution in [0, 0.1) is 11.3 Å². The van der Waals surface area contributed by atoms with Crippen molar-refractivity contribution >= 4 is 56.0 Å². The highest BCUT2D eigenvalue weighted by atomic mass is 79.9. The molecule has 0 spiro atoms. The van der Waals surface area contributed by atoms with Gasteiger partial charge in [-0.2, -0.15) is 5.26 Å². The topological polar surface area (TPSA) is 80.6 Å². The summed E-state index contributed by atoms with van der Waals surface area (Å²) in [6.45, 7) is 0.721. The Balaban J connectivity index is 1.25. The van der Waals surface area contributed by atoms with Gasteiger partial charge in [-0.1, -0.05) is 66.2 Å². The molecule has 5 rings (SSSR count). The second-order valence-corrected chi connectivity index (χ2v) is 10.8. The van der Waals surface area contributed by atoms with E-state index in [0.29, 0.717) is 51.2 Å². The van der Waals surface area contributed by atoms with E-state index in [1.807, 2.05) is 54.6 Å². The van der Waals surface area contributed by atoms with Crippen molar-refractivity contribution in [3.8, 4) is 23.3 Å². The monoisotopic (exact) mass is 652 g/mol. The number of hydrogen-bond donors (Lipinski definition) is 1. The summed E-state index contributed by atoms with van der Waals surface area (Å²) in [5, 5.41) is 15.4. The number of fused-ring (bicyclic) bond motifs is 1. The molecule has 43 heavy (non-hydrogen) atoms. The molecule has 0 radical (unpaired) electrons. The van der Waals surface area contributed by atoms with Crippen molar-refractivity contribution in [1.82, 2.24) is 0 Å². The number of nitrogens with zero attached hydrogens (tertiary/aromatic N) is 1. The summed E-state index contributed by atoms with van der Waals surface area (Å²) in [6, 6.07) is 34.0. The molecule has 0 aliphatic heterocycles. The normalized spacial score (nSPS) is 11.1. The lowest BCUT2D eigenvalue weighted by Crippen LogP contribution is -2.13. The van der Waals surface area contributed by atoms with Gasteiger partial charge in [0.1, 0.15) is 30.6 Å². The van der Waals surface area contributed by atoms with Crippen LogP contribution in [0.25, 0.3) is 16.8 Å². The van der Waals surface area contributed by atoms with Crippen molar-refractivity contribution in [1.29, 1.82) is 5.26 Å². The standard InChI is InChI=1S/C35H26BrClN2O4/c1-41-33-19-24(18-32(36)34(33)43-22-26-7-4-6-25-5-2-3-8-31(25)26)17-27(20-38)35(40)39-29-13-15-30(16-14-29)42-21-23-9-11-28(37)12-10-23/h2-19H,21-22H2,1H3,(H,39,40)/b27-17+.